The van der Waals surface area contributed by atoms with Crippen molar-refractivity contribution in [1.82, 2.24) is 14.8 Å². The average Bonchev–Trinajstić information content (AvgIpc) is 3.22. The van der Waals surface area contributed by atoms with Gasteiger partial charge in [-0.1, -0.05) is 55.5 Å². The Kier molecular flexibility index (Phi) is 8.77. The second-order valence-electron chi connectivity index (χ2n) is 10.2. The van der Waals surface area contributed by atoms with Gasteiger partial charge in [0, 0.05) is 55.4 Å². The third kappa shape index (κ3) is 6.51. The third-order valence-corrected chi connectivity index (χ3v) is 8.91. The molecule has 1 amide bonds. The molecule has 1 saturated heterocycles. The minimum atomic E-state index is -3.61. The van der Waals surface area contributed by atoms with E-state index in [-0.39, 0.29) is 16.6 Å². The molecule has 4 aromatic rings. The van der Waals surface area contributed by atoms with Crippen LogP contribution in [0.25, 0.3) is 10.9 Å². The smallest absolute Gasteiger partial charge is 0.253 e. The molecule has 0 saturated carbocycles. The summed E-state index contributed by atoms with van der Waals surface area (Å²) in [6.07, 6.45) is 3.46. The van der Waals surface area contributed by atoms with E-state index in [0.717, 1.165) is 43.6 Å². The third-order valence-electron chi connectivity index (χ3n) is 7.19. The van der Waals surface area contributed by atoms with Crippen LogP contribution in [0.2, 0.25) is 0 Å². The number of carbonyl (C=O) groups excluding carboxylic acids is 1. The number of hydrogen-bond acceptors (Lipinski definition) is 6. The summed E-state index contributed by atoms with van der Waals surface area (Å²) in [6, 6.07) is 23.9. The highest BCUT2D eigenvalue weighted by Crippen LogP contribution is 2.25. The first-order valence-corrected chi connectivity index (χ1v) is 15.5. The minimum Gasteiger partial charge on any atom is -0.493 e. The Hall–Kier alpha value is -3.75. The summed E-state index contributed by atoms with van der Waals surface area (Å²) in [5, 5.41) is 0.787. The summed E-state index contributed by atoms with van der Waals surface area (Å²) in [5.41, 5.74) is 2.85. The molecule has 0 spiro atoms. The first-order valence-electron chi connectivity index (χ1n) is 13.8. The summed E-state index contributed by atoms with van der Waals surface area (Å²) >= 11 is 0. The Morgan fingerprint density at radius 1 is 0.900 bits per heavy atom. The lowest BCUT2D eigenvalue weighted by atomic mass is 10.1. The van der Waals surface area contributed by atoms with E-state index in [9.17, 15) is 13.2 Å². The van der Waals surface area contributed by atoms with Crippen LogP contribution in [0.1, 0.15) is 41.3 Å². The van der Waals surface area contributed by atoms with Crippen LogP contribution in [0, 0.1) is 0 Å². The van der Waals surface area contributed by atoms with Gasteiger partial charge in [-0.05, 0) is 48.7 Å². The van der Waals surface area contributed by atoms with E-state index in [4.69, 9.17) is 4.74 Å². The molecule has 5 rings (SSSR count). The van der Waals surface area contributed by atoms with Gasteiger partial charge in [-0.15, -0.1) is 0 Å². The monoisotopic (exact) mass is 557 g/mol. The topological polar surface area (TPSA) is 79.8 Å². The van der Waals surface area contributed by atoms with E-state index in [2.05, 4.69) is 22.9 Å². The molecule has 3 aromatic carbocycles. The number of aromatic nitrogens is 1. The van der Waals surface area contributed by atoms with Gasteiger partial charge in [0.25, 0.3) is 5.91 Å². The van der Waals surface area contributed by atoms with Crippen LogP contribution < -0.4 is 4.74 Å². The van der Waals surface area contributed by atoms with Crippen LogP contribution >= 0.6 is 0 Å². The van der Waals surface area contributed by atoms with Crippen molar-refractivity contribution in [3.8, 4) is 5.75 Å². The lowest BCUT2D eigenvalue weighted by Gasteiger charge is -2.23. The van der Waals surface area contributed by atoms with Crippen molar-refractivity contribution in [3.63, 3.8) is 0 Å². The number of sulfone groups is 1. The van der Waals surface area contributed by atoms with Gasteiger partial charge in [0.2, 0.25) is 0 Å². The normalized spacial score (nSPS) is 14.7. The molecule has 1 aliphatic heterocycles. The van der Waals surface area contributed by atoms with E-state index >= 15 is 0 Å². The van der Waals surface area contributed by atoms with Crippen molar-refractivity contribution in [2.75, 3.05) is 32.8 Å². The summed E-state index contributed by atoms with van der Waals surface area (Å²) in [7, 11) is -3.61. The van der Waals surface area contributed by atoms with E-state index in [1.54, 1.807) is 48.7 Å². The van der Waals surface area contributed by atoms with Crippen LogP contribution in [0.3, 0.4) is 0 Å². The number of fused-ring (bicyclic) bond motifs is 1. The average molecular weight is 558 g/mol. The van der Waals surface area contributed by atoms with Crippen molar-refractivity contribution in [1.29, 1.82) is 0 Å². The summed E-state index contributed by atoms with van der Waals surface area (Å²) in [4.78, 5) is 22.1. The number of rotatable bonds is 9. The SMILES string of the molecule is CCCOc1ccccc1CN1CCCN(C(=O)c2ccc(CS(=O)(=O)c3cccc4cccnc34)cc2)CC1. The minimum absolute atomic E-state index is 0.0267. The Labute approximate surface area is 236 Å². The van der Waals surface area contributed by atoms with Gasteiger partial charge >= 0.3 is 0 Å². The van der Waals surface area contributed by atoms with Crippen molar-refractivity contribution >= 4 is 26.6 Å². The molecule has 0 unspecified atom stereocenters. The number of para-hydroxylation sites is 2. The zero-order valence-electron chi connectivity index (χ0n) is 22.8. The number of amides is 1. The van der Waals surface area contributed by atoms with E-state index < -0.39 is 9.84 Å². The van der Waals surface area contributed by atoms with Gasteiger partial charge in [0.1, 0.15) is 5.75 Å². The van der Waals surface area contributed by atoms with Gasteiger partial charge in [0.05, 0.1) is 22.8 Å². The molecule has 1 fully saturated rings. The molecule has 40 heavy (non-hydrogen) atoms. The van der Waals surface area contributed by atoms with Crippen LogP contribution in [0.5, 0.6) is 5.75 Å². The van der Waals surface area contributed by atoms with Crippen molar-refractivity contribution in [2.24, 2.45) is 0 Å². The zero-order valence-corrected chi connectivity index (χ0v) is 23.6. The fourth-order valence-electron chi connectivity index (χ4n) is 5.11. The Morgan fingerprint density at radius 2 is 1.70 bits per heavy atom. The maximum Gasteiger partial charge on any atom is 0.253 e. The fraction of sp³-hybridized carbons (Fsp3) is 0.312. The van der Waals surface area contributed by atoms with E-state index in [0.29, 0.717) is 36.3 Å². The number of nitrogens with zero attached hydrogens (tertiary/aromatic N) is 3. The summed E-state index contributed by atoms with van der Waals surface area (Å²) in [6.45, 7) is 6.60. The van der Waals surface area contributed by atoms with Gasteiger partial charge in [-0.25, -0.2) is 8.42 Å². The zero-order chi connectivity index (χ0) is 28.0. The molecule has 0 aliphatic carbocycles. The molecule has 0 bridgehead atoms. The number of carbonyl (C=O) groups is 1. The molecule has 0 atom stereocenters. The second-order valence-corrected chi connectivity index (χ2v) is 12.1. The lowest BCUT2D eigenvalue weighted by molar-refractivity contribution is 0.0761. The van der Waals surface area contributed by atoms with Crippen LogP contribution in [0.15, 0.2) is 90.0 Å². The number of benzene rings is 3. The summed E-state index contributed by atoms with van der Waals surface area (Å²) in [5.74, 6) is 0.751. The predicted octanol–water partition coefficient (Wildman–Crippen LogP) is 5.35. The Bertz CT molecular complexity index is 1570. The molecule has 0 N–H and O–H groups in total. The molecule has 208 valence electrons. The Morgan fingerprint density at radius 3 is 2.52 bits per heavy atom. The highest BCUT2D eigenvalue weighted by molar-refractivity contribution is 7.90. The lowest BCUT2D eigenvalue weighted by Crippen LogP contribution is -2.35. The number of pyridine rings is 1. The molecule has 1 aromatic heterocycles. The molecule has 1 aliphatic rings. The molecular formula is C32H35N3O4S. The van der Waals surface area contributed by atoms with E-state index in [1.807, 2.05) is 35.2 Å². The first-order chi connectivity index (χ1) is 19.4. The maximum atomic E-state index is 13.3. The summed E-state index contributed by atoms with van der Waals surface area (Å²) < 4.78 is 32.4. The number of hydrogen-bond donors (Lipinski definition) is 0. The fourth-order valence-corrected chi connectivity index (χ4v) is 6.65. The van der Waals surface area contributed by atoms with Crippen molar-refractivity contribution in [2.45, 2.75) is 37.0 Å². The molecule has 8 heteroatoms. The molecular weight excluding hydrogens is 522 g/mol. The van der Waals surface area contributed by atoms with Crippen LogP contribution in [-0.2, 0) is 22.1 Å². The van der Waals surface area contributed by atoms with Crippen molar-refractivity contribution < 1.29 is 17.9 Å². The molecule has 2 heterocycles. The largest absolute Gasteiger partial charge is 0.493 e. The van der Waals surface area contributed by atoms with Crippen molar-refractivity contribution in [3.05, 3.63) is 102 Å². The van der Waals surface area contributed by atoms with Gasteiger partial charge in [-0.2, -0.15) is 0 Å². The second kappa shape index (κ2) is 12.6. The predicted molar refractivity (Wildman–Crippen MR) is 157 cm³/mol. The van der Waals surface area contributed by atoms with Gasteiger partial charge < -0.3 is 9.64 Å². The first kappa shape index (κ1) is 27.8. The van der Waals surface area contributed by atoms with Crippen LogP contribution in [-0.4, -0.2) is 61.9 Å². The highest BCUT2D eigenvalue weighted by Gasteiger charge is 2.22. The van der Waals surface area contributed by atoms with Gasteiger partial charge in [0.15, 0.2) is 9.84 Å². The van der Waals surface area contributed by atoms with Crippen LogP contribution in [0.4, 0.5) is 0 Å². The quantitative estimate of drug-likeness (QED) is 0.276. The maximum absolute atomic E-state index is 13.3. The molecule has 7 nitrogen and oxygen atoms in total. The number of ether oxygens (including phenoxy) is 1. The van der Waals surface area contributed by atoms with Gasteiger partial charge in [-0.3, -0.25) is 14.7 Å². The Balaban J connectivity index is 1.21. The highest BCUT2D eigenvalue weighted by atomic mass is 32.2. The van der Waals surface area contributed by atoms with E-state index in [1.165, 1.54) is 5.56 Å². The standard InChI is InChI=1S/C32H35N3O4S/c1-2-22-39-29-11-4-3-8-28(29)23-34-18-7-19-35(21-20-34)32(36)27-15-13-25(14-16-27)24-40(37,38)30-12-5-9-26-10-6-17-33-31(26)30/h3-6,8-17H,2,7,18-24H2,1H3. The molecule has 0 radical (unpaired) electrons.